The van der Waals surface area contributed by atoms with E-state index in [-0.39, 0.29) is 5.78 Å². The number of Topliss-reactive ketones (excluding diaryl/α,β-unsaturated/α-hetero) is 1. The highest BCUT2D eigenvalue weighted by Crippen LogP contribution is 2.26. The van der Waals surface area contributed by atoms with Crippen molar-refractivity contribution in [1.29, 1.82) is 0 Å². The van der Waals surface area contributed by atoms with Gasteiger partial charge in [0.15, 0.2) is 5.78 Å². The van der Waals surface area contributed by atoms with E-state index < -0.39 is 0 Å². The summed E-state index contributed by atoms with van der Waals surface area (Å²) in [5, 5.41) is 4.10. The van der Waals surface area contributed by atoms with E-state index in [1.807, 2.05) is 54.6 Å². The monoisotopic (exact) mass is 301 g/mol. The van der Waals surface area contributed by atoms with Gasteiger partial charge in [0.1, 0.15) is 12.7 Å². The first kappa shape index (κ1) is 13.6. The van der Waals surface area contributed by atoms with Crippen molar-refractivity contribution in [2.75, 3.05) is 0 Å². The van der Waals surface area contributed by atoms with Crippen LogP contribution in [0.25, 0.3) is 11.8 Å². The van der Waals surface area contributed by atoms with Crippen LogP contribution in [0.4, 0.5) is 0 Å². The molecule has 0 saturated heterocycles. The van der Waals surface area contributed by atoms with Gasteiger partial charge >= 0.3 is 0 Å². The molecule has 0 bridgehead atoms. The number of ketones is 1. The largest absolute Gasteiger partial charge is 0.289 e. The zero-order valence-corrected chi connectivity index (χ0v) is 12.5. The average molecular weight is 301 g/mol. The van der Waals surface area contributed by atoms with Gasteiger partial charge in [-0.3, -0.25) is 4.79 Å². The Hall–Kier alpha value is -3.01. The number of carbonyl (C=O) groups is 1. The summed E-state index contributed by atoms with van der Waals surface area (Å²) in [7, 11) is 0. The van der Waals surface area contributed by atoms with Gasteiger partial charge < -0.3 is 0 Å². The minimum absolute atomic E-state index is 0.146. The number of fused-ring (bicyclic) bond motifs is 1. The van der Waals surface area contributed by atoms with Crippen LogP contribution >= 0.6 is 0 Å². The van der Waals surface area contributed by atoms with Crippen molar-refractivity contribution < 1.29 is 4.79 Å². The van der Waals surface area contributed by atoms with E-state index in [0.29, 0.717) is 0 Å². The van der Waals surface area contributed by atoms with Crippen molar-refractivity contribution in [3.8, 4) is 5.69 Å². The molecule has 1 aliphatic rings. The predicted octanol–water partition coefficient (Wildman–Crippen LogP) is 3.48. The summed E-state index contributed by atoms with van der Waals surface area (Å²) in [5.41, 5.74) is 4.83. The van der Waals surface area contributed by atoms with E-state index >= 15 is 0 Å². The molecule has 4 nitrogen and oxygen atoms in total. The molecule has 0 saturated carbocycles. The second kappa shape index (κ2) is 5.65. The molecule has 1 aliphatic carbocycles. The minimum atomic E-state index is 0.146. The third kappa shape index (κ3) is 2.59. The summed E-state index contributed by atoms with van der Waals surface area (Å²) in [6, 6.07) is 15.8. The van der Waals surface area contributed by atoms with Gasteiger partial charge in [-0.05, 0) is 42.2 Å². The first-order valence-electron chi connectivity index (χ1n) is 7.59. The highest BCUT2D eigenvalue weighted by Gasteiger charge is 2.20. The van der Waals surface area contributed by atoms with Crippen molar-refractivity contribution in [3.63, 3.8) is 0 Å². The summed E-state index contributed by atoms with van der Waals surface area (Å²) < 4.78 is 1.71. The molecule has 3 aromatic rings. The molecule has 0 atom stereocenters. The van der Waals surface area contributed by atoms with E-state index in [4.69, 9.17) is 0 Å². The fourth-order valence-corrected chi connectivity index (χ4v) is 2.92. The lowest BCUT2D eigenvalue weighted by molar-refractivity contribution is 0.102. The van der Waals surface area contributed by atoms with Crippen LogP contribution in [0.1, 0.15) is 27.9 Å². The Balaban J connectivity index is 1.62. The average Bonchev–Trinajstić information content (AvgIpc) is 3.13. The van der Waals surface area contributed by atoms with Gasteiger partial charge in [0.05, 0.1) is 5.69 Å². The molecule has 0 unspecified atom stereocenters. The molecule has 0 radical (unpaired) electrons. The van der Waals surface area contributed by atoms with Crippen LogP contribution in [-0.4, -0.2) is 20.5 Å². The fraction of sp³-hybridized carbons (Fsp3) is 0.105. The quantitative estimate of drug-likeness (QED) is 0.681. The molecule has 0 N–H and O–H groups in total. The van der Waals surface area contributed by atoms with Crippen LogP contribution in [0.15, 0.2) is 66.8 Å². The van der Waals surface area contributed by atoms with Crippen molar-refractivity contribution in [2.24, 2.45) is 0 Å². The van der Waals surface area contributed by atoms with Gasteiger partial charge in [-0.1, -0.05) is 36.4 Å². The number of nitrogens with zero attached hydrogens (tertiary/aromatic N) is 3. The summed E-state index contributed by atoms with van der Waals surface area (Å²) >= 11 is 0. The maximum absolute atomic E-state index is 12.6. The molecule has 0 spiro atoms. The second-order valence-corrected chi connectivity index (χ2v) is 5.59. The Labute approximate surface area is 134 Å². The summed E-state index contributed by atoms with van der Waals surface area (Å²) in [6.07, 6.45) is 6.87. The number of allylic oxidation sites excluding steroid dienone is 1. The molecular weight excluding hydrogens is 286 g/mol. The fourth-order valence-electron chi connectivity index (χ4n) is 2.92. The van der Waals surface area contributed by atoms with Crippen LogP contribution in [0.5, 0.6) is 0 Å². The SMILES string of the molecule is O=C1/C(=C\c2ccc(-n3cncn3)cc2)CCc2ccccc21. The van der Waals surface area contributed by atoms with Crippen LogP contribution in [0, 0.1) is 0 Å². The topological polar surface area (TPSA) is 47.8 Å². The Morgan fingerprint density at radius 2 is 1.83 bits per heavy atom. The highest BCUT2D eigenvalue weighted by atomic mass is 16.1. The standard InChI is InChI=1S/C19H15N3O/c23-19-16(8-7-15-3-1-2-4-18(15)19)11-14-5-9-17(10-6-14)22-13-20-12-21-22/h1-6,9-13H,7-8H2/b16-11-. The normalized spacial score (nSPS) is 15.7. The molecular formula is C19H15N3O. The zero-order valence-electron chi connectivity index (χ0n) is 12.5. The summed E-state index contributed by atoms with van der Waals surface area (Å²) in [5.74, 6) is 0.146. The van der Waals surface area contributed by atoms with Gasteiger partial charge in [-0.15, -0.1) is 0 Å². The zero-order chi connectivity index (χ0) is 15.6. The van der Waals surface area contributed by atoms with Gasteiger partial charge in [-0.2, -0.15) is 5.10 Å². The Morgan fingerprint density at radius 3 is 2.61 bits per heavy atom. The summed E-state index contributed by atoms with van der Waals surface area (Å²) in [6.45, 7) is 0. The van der Waals surface area contributed by atoms with Crippen LogP contribution < -0.4 is 0 Å². The second-order valence-electron chi connectivity index (χ2n) is 5.59. The molecule has 2 aromatic carbocycles. The number of rotatable bonds is 2. The van der Waals surface area contributed by atoms with Crippen molar-refractivity contribution in [2.45, 2.75) is 12.8 Å². The Bertz CT molecular complexity index is 877. The Kier molecular flexibility index (Phi) is 3.35. The molecule has 4 heteroatoms. The van der Waals surface area contributed by atoms with E-state index in [1.165, 1.54) is 6.33 Å². The molecule has 0 aliphatic heterocycles. The van der Waals surface area contributed by atoms with Crippen LogP contribution in [0.3, 0.4) is 0 Å². The highest BCUT2D eigenvalue weighted by molar-refractivity contribution is 6.13. The van der Waals surface area contributed by atoms with Crippen molar-refractivity contribution in [3.05, 3.63) is 83.4 Å². The maximum atomic E-state index is 12.6. The van der Waals surface area contributed by atoms with Crippen molar-refractivity contribution in [1.82, 2.24) is 14.8 Å². The third-order valence-electron chi connectivity index (χ3n) is 4.13. The maximum Gasteiger partial charge on any atom is 0.189 e. The van der Waals surface area contributed by atoms with Crippen molar-refractivity contribution >= 4 is 11.9 Å². The van der Waals surface area contributed by atoms with Gasteiger partial charge in [0.25, 0.3) is 0 Å². The number of aromatic nitrogens is 3. The van der Waals surface area contributed by atoms with Crippen LogP contribution in [0.2, 0.25) is 0 Å². The summed E-state index contributed by atoms with van der Waals surface area (Å²) in [4.78, 5) is 16.5. The molecule has 112 valence electrons. The molecule has 0 fully saturated rings. The van der Waals surface area contributed by atoms with E-state index in [1.54, 1.807) is 11.0 Å². The van der Waals surface area contributed by atoms with Crippen LogP contribution in [-0.2, 0) is 6.42 Å². The lowest BCUT2D eigenvalue weighted by Gasteiger charge is -2.17. The number of hydrogen-bond acceptors (Lipinski definition) is 3. The van der Waals surface area contributed by atoms with E-state index in [9.17, 15) is 4.79 Å². The van der Waals surface area contributed by atoms with E-state index in [0.717, 1.165) is 40.8 Å². The lowest BCUT2D eigenvalue weighted by atomic mass is 9.86. The number of carbonyl (C=O) groups excluding carboxylic acids is 1. The number of benzene rings is 2. The first-order valence-corrected chi connectivity index (χ1v) is 7.59. The molecule has 1 heterocycles. The van der Waals surface area contributed by atoms with E-state index in [2.05, 4.69) is 10.1 Å². The number of hydrogen-bond donors (Lipinski definition) is 0. The predicted molar refractivity (Wildman–Crippen MR) is 88.4 cm³/mol. The molecule has 23 heavy (non-hydrogen) atoms. The molecule has 0 amide bonds. The van der Waals surface area contributed by atoms with Gasteiger partial charge in [0, 0.05) is 11.1 Å². The van der Waals surface area contributed by atoms with Gasteiger partial charge in [-0.25, -0.2) is 9.67 Å². The smallest absolute Gasteiger partial charge is 0.189 e. The first-order chi connectivity index (χ1) is 11.3. The third-order valence-corrected chi connectivity index (χ3v) is 4.13. The molecule has 4 rings (SSSR count). The van der Waals surface area contributed by atoms with Gasteiger partial charge in [0.2, 0.25) is 0 Å². The minimum Gasteiger partial charge on any atom is -0.289 e. The molecule has 1 aromatic heterocycles. The Morgan fingerprint density at radius 1 is 1.00 bits per heavy atom. The lowest BCUT2D eigenvalue weighted by Crippen LogP contribution is -2.13. The number of aryl methyl sites for hydroxylation is 1.